The van der Waals surface area contributed by atoms with Gasteiger partial charge in [-0.15, -0.1) is 23.6 Å². The van der Waals surface area contributed by atoms with Crippen molar-refractivity contribution >= 4 is 32.8 Å². The van der Waals surface area contributed by atoms with Crippen molar-refractivity contribution in [1.82, 2.24) is 19.1 Å². The summed E-state index contributed by atoms with van der Waals surface area (Å²) in [5.41, 5.74) is 8.23. The largest absolute Gasteiger partial charge is 0.508 e. The zero-order valence-electron chi connectivity index (χ0n) is 28.9. The third-order valence-electron chi connectivity index (χ3n) is 9.03. The Balaban J connectivity index is 0.00000392. The number of hydrogen-bond donors (Lipinski definition) is 0. The van der Waals surface area contributed by atoms with Gasteiger partial charge in [0.05, 0.1) is 16.7 Å². The minimum absolute atomic E-state index is 0. The Hall–Kier alpha value is -5.06. The van der Waals surface area contributed by atoms with Gasteiger partial charge < -0.3 is 18.9 Å². The van der Waals surface area contributed by atoms with Crippen LogP contribution in [-0.4, -0.2) is 19.1 Å². The van der Waals surface area contributed by atoms with Crippen LogP contribution in [0.15, 0.2) is 116 Å². The van der Waals surface area contributed by atoms with Gasteiger partial charge in [-0.3, -0.25) is 4.57 Å². The molecule has 0 fully saturated rings. The van der Waals surface area contributed by atoms with Gasteiger partial charge in [0.15, 0.2) is 0 Å². The van der Waals surface area contributed by atoms with E-state index in [0.29, 0.717) is 11.5 Å². The van der Waals surface area contributed by atoms with Crippen molar-refractivity contribution in [2.75, 3.05) is 0 Å². The monoisotopic (exact) mass is 834 g/mol. The molecule has 0 aliphatic heterocycles. The fraction of sp³-hybridized carbons (Fsp3) is 0.186. The van der Waals surface area contributed by atoms with Crippen LogP contribution in [0.3, 0.4) is 0 Å². The average Bonchev–Trinajstić information content (AvgIpc) is 3.64. The first kappa shape index (κ1) is 33.4. The first-order chi connectivity index (χ1) is 23.5. The van der Waals surface area contributed by atoms with Gasteiger partial charge in [-0.2, -0.15) is 6.07 Å². The quantitative estimate of drug-likeness (QED) is 0.128. The van der Waals surface area contributed by atoms with Crippen LogP contribution in [-0.2, 0) is 31.9 Å². The summed E-state index contributed by atoms with van der Waals surface area (Å²) in [6.07, 6.45) is 8.91. The molecular formula is C43H37N5OPt-2. The summed E-state index contributed by atoms with van der Waals surface area (Å²) in [4.78, 5) is 9.35. The topological polar surface area (TPSA) is 48.8 Å². The molecule has 0 atom stereocenters. The van der Waals surface area contributed by atoms with E-state index in [1.165, 1.54) is 11.1 Å². The molecule has 4 aromatic carbocycles. The van der Waals surface area contributed by atoms with E-state index in [-0.39, 0.29) is 31.9 Å². The van der Waals surface area contributed by atoms with Crippen LogP contribution in [0.1, 0.15) is 52.7 Å². The summed E-state index contributed by atoms with van der Waals surface area (Å²) in [6, 6.07) is 40.6. The number of nitrogens with zero attached hydrogens (tertiary/aromatic N) is 5. The van der Waals surface area contributed by atoms with Crippen molar-refractivity contribution in [3.05, 3.63) is 145 Å². The second-order valence-corrected chi connectivity index (χ2v) is 14.5. The molecule has 8 aromatic rings. The van der Waals surface area contributed by atoms with Crippen LogP contribution >= 0.6 is 0 Å². The number of ether oxygens (including phenoxy) is 1. The van der Waals surface area contributed by atoms with E-state index in [4.69, 9.17) is 9.72 Å². The van der Waals surface area contributed by atoms with Crippen molar-refractivity contribution in [2.45, 2.75) is 52.4 Å². The molecule has 252 valence electrons. The minimum atomic E-state index is -0.0134. The van der Waals surface area contributed by atoms with Gasteiger partial charge in [0.2, 0.25) is 0 Å². The molecule has 50 heavy (non-hydrogen) atoms. The smallest absolute Gasteiger partial charge is 0.268 e. The van der Waals surface area contributed by atoms with E-state index >= 15 is 0 Å². The molecule has 0 spiro atoms. The maximum absolute atomic E-state index is 6.43. The molecule has 0 amide bonds. The summed E-state index contributed by atoms with van der Waals surface area (Å²) < 4.78 is 12.7. The number of hydrogen-bond acceptors (Lipinski definition) is 3. The molecule has 4 aromatic heterocycles. The number of benzene rings is 4. The second kappa shape index (κ2) is 12.7. The van der Waals surface area contributed by atoms with E-state index in [1.807, 2.05) is 29.0 Å². The summed E-state index contributed by atoms with van der Waals surface area (Å²) in [7, 11) is 0. The van der Waals surface area contributed by atoms with E-state index in [2.05, 4.69) is 153 Å². The van der Waals surface area contributed by atoms with Crippen LogP contribution in [0.4, 0.5) is 0 Å². The van der Waals surface area contributed by atoms with Gasteiger partial charge >= 0.3 is 0 Å². The third kappa shape index (κ3) is 6.03. The van der Waals surface area contributed by atoms with Gasteiger partial charge in [-0.1, -0.05) is 108 Å². The van der Waals surface area contributed by atoms with E-state index in [1.54, 1.807) is 12.4 Å². The van der Waals surface area contributed by atoms with Crippen LogP contribution in [0, 0.1) is 18.5 Å². The van der Waals surface area contributed by atoms with Crippen LogP contribution < -0.4 is 9.30 Å². The first-order valence-electron chi connectivity index (χ1n) is 16.6. The summed E-state index contributed by atoms with van der Waals surface area (Å²) in [5, 5.41) is 2.21. The molecule has 8 rings (SSSR count). The predicted molar refractivity (Wildman–Crippen MR) is 195 cm³/mol. The van der Waals surface area contributed by atoms with Gasteiger partial charge in [-0.25, -0.2) is 4.98 Å². The molecule has 0 radical (unpaired) electrons. The molecule has 0 aliphatic rings. The maximum Gasteiger partial charge on any atom is 0.268 e. The van der Waals surface area contributed by atoms with Crippen LogP contribution in [0.5, 0.6) is 11.5 Å². The van der Waals surface area contributed by atoms with Gasteiger partial charge in [-0.05, 0) is 69.6 Å². The molecule has 6 nitrogen and oxygen atoms in total. The molecule has 0 aliphatic carbocycles. The Morgan fingerprint density at radius 1 is 0.680 bits per heavy atom. The Morgan fingerprint density at radius 2 is 1.42 bits per heavy atom. The number of para-hydroxylation sites is 3. The van der Waals surface area contributed by atoms with Gasteiger partial charge in [0.1, 0.15) is 5.82 Å². The molecular weight excluding hydrogens is 798 g/mol. The molecule has 7 heteroatoms. The molecule has 0 saturated carbocycles. The minimum Gasteiger partial charge on any atom is -0.508 e. The summed E-state index contributed by atoms with van der Waals surface area (Å²) >= 11 is 0. The normalized spacial score (nSPS) is 12.0. The van der Waals surface area contributed by atoms with Gasteiger partial charge in [0.25, 0.3) is 6.33 Å². The average molecular weight is 835 g/mol. The molecule has 4 heterocycles. The third-order valence-corrected chi connectivity index (χ3v) is 9.03. The molecule has 0 bridgehead atoms. The Labute approximate surface area is 307 Å². The Bertz CT molecular complexity index is 2510. The number of imidazole rings is 1. The predicted octanol–water partition coefficient (Wildman–Crippen LogP) is 9.58. The van der Waals surface area contributed by atoms with Crippen molar-refractivity contribution in [3.8, 4) is 28.7 Å². The fourth-order valence-electron chi connectivity index (χ4n) is 6.37. The summed E-state index contributed by atoms with van der Waals surface area (Å²) in [6.45, 7) is 13.3. The molecule has 0 unspecified atom stereocenters. The Kier molecular flexibility index (Phi) is 8.48. The number of pyridine rings is 2. The van der Waals surface area contributed by atoms with Crippen molar-refractivity contribution in [3.63, 3.8) is 0 Å². The van der Waals surface area contributed by atoms with Crippen LogP contribution in [0.25, 0.3) is 50.0 Å². The maximum atomic E-state index is 6.43. The number of rotatable bonds is 5. The van der Waals surface area contributed by atoms with E-state index in [0.717, 1.165) is 50.0 Å². The molecule has 0 N–H and O–H groups in total. The zero-order valence-corrected chi connectivity index (χ0v) is 31.2. The van der Waals surface area contributed by atoms with Gasteiger partial charge in [0, 0.05) is 44.3 Å². The van der Waals surface area contributed by atoms with Crippen molar-refractivity contribution < 1.29 is 30.4 Å². The van der Waals surface area contributed by atoms with Crippen LogP contribution in [0.2, 0.25) is 0 Å². The van der Waals surface area contributed by atoms with Crippen molar-refractivity contribution in [2.24, 2.45) is 0 Å². The summed E-state index contributed by atoms with van der Waals surface area (Å²) in [5.74, 6) is 1.89. The number of fused-ring (bicyclic) bond motifs is 4. The Morgan fingerprint density at radius 3 is 2.22 bits per heavy atom. The number of aromatic nitrogens is 5. The van der Waals surface area contributed by atoms with Crippen molar-refractivity contribution in [1.29, 1.82) is 0 Å². The zero-order chi connectivity index (χ0) is 33.9. The first-order valence-corrected chi connectivity index (χ1v) is 16.6. The second-order valence-electron chi connectivity index (χ2n) is 14.5. The fourth-order valence-corrected chi connectivity index (χ4v) is 6.37. The van der Waals surface area contributed by atoms with E-state index in [9.17, 15) is 0 Å². The molecule has 0 saturated heterocycles. The standard InChI is InChI=1S/C43H37N5O.Pt/c1-42(2,3)29-12-11-13-31(22-29)46-28-47(39-17-10-9-16-38(39)46)32-24-34(27-44-26-32)49-33-18-19-36-35-14-7-8-15-37(35)48(40(36)25-33)41-23-30(20-21-45-41)43(4,5)6;/h7-23,26-27H,1-6H3;/q-2;. The van der Waals surface area contributed by atoms with E-state index < -0.39 is 0 Å². The SMILES string of the molecule is CC(C)(C)c1cccc(-[n+]2[c-]n(-c3[c-]c(Oc4[c-]c5c(cc4)c4ccccc4n5-c4cc(C(C)(C)C)ccn4)cnc3)c3ccccc32)c1.[Pt].